The van der Waals surface area contributed by atoms with Crippen molar-refractivity contribution in [2.75, 3.05) is 0 Å². The maximum absolute atomic E-state index is 10.4. The van der Waals surface area contributed by atoms with E-state index in [0.717, 1.165) is 32.1 Å². The number of aliphatic hydroxyl groups is 1. The molecule has 0 unspecified atom stereocenters. The van der Waals surface area contributed by atoms with E-state index >= 15 is 0 Å². The second-order valence-electron chi connectivity index (χ2n) is 6.21. The van der Waals surface area contributed by atoms with Gasteiger partial charge in [0.05, 0.1) is 6.10 Å². The summed E-state index contributed by atoms with van der Waals surface area (Å²) in [5, 5.41) is 14.2. The van der Waals surface area contributed by atoms with Gasteiger partial charge in [-0.2, -0.15) is 0 Å². The number of hydrogen-bond acceptors (Lipinski definition) is 2. The van der Waals surface area contributed by atoms with Crippen LogP contribution in [0.3, 0.4) is 0 Å². The topological polar surface area (TPSA) is 32.3 Å². The lowest BCUT2D eigenvalue weighted by Gasteiger charge is -2.51. The molecule has 112 valence electrons. The van der Waals surface area contributed by atoms with E-state index in [2.05, 4.69) is 23.2 Å². The van der Waals surface area contributed by atoms with Crippen molar-refractivity contribution in [2.24, 2.45) is 5.92 Å². The van der Waals surface area contributed by atoms with Gasteiger partial charge in [0, 0.05) is 17.5 Å². The predicted octanol–water partition coefficient (Wildman–Crippen LogP) is 2.80. The Morgan fingerprint density at radius 2 is 1.86 bits per heavy atom. The molecule has 1 spiro atoms. The van der Waals surface area contributed by atoms with Gasteiger partial charge < -0.3 is 10.4 Å². The third-order valence-corrected chi connectivity index (χ3v) is 4.88. The monoisotopic (exact) mass is 283 g/mol. The third kappa shape index (κ3) is 3.79. The molecule has 1 aliphatic carbocycles. The molecule has 0 aromatic carbocycles. The molecule has 0 aromatic rings. The van der Waals surface area contributed by atoms with E-state index < -0.39 is 0 Å². The van der Waals surface area contributed by atoms with Crippen LogP contribution in [0, 0.1) is 30.6 Å². The van der Waals surface area contributed by atoms with E-state index in [9.17, 15) is 5.11 Å². The molecule has 4 atom stereocenters. The van der Waals surface area contributed by atoms with Crippen molar-refractivity contribution in [2.45, 2.75) is 62.6 Å². The summed E-state index contributed by atoms with van der Waals surface area (Å²) in [5.74, 6) is 5.21. The van der Waals surface area contributed by atoms with Crippen LogP contribution in [0.25, 0.3) is 0 Å². The van der Waals surface area contributed by atoms with Crippen molar-refractivity contribution in [3.8, 4) is 24.7 Å². The summed E-state index contributed by atoms with van der Waals surface area (Å²) in [6, 6.07) is 0.440. The third-order valence-electron chi connectivity index (χ3n) is 4.88. The summed E-state index contributed by atoms with van der Waals surface area (Å²) in [6.45, 7) is 0. The zero-order valence-electron chi connectivity index (χ0n) is 12.6. The minimum absolute atomic E-state index is 0.00207. The summed E-state index contributed by atoms with van der Waals surface area (Å²) in [7, 11) is 0. The van der Waals surface area contributed by atoms with Crippen molar-refractivity contribution < 1.29 is 5.11 Å². The van der Waals surface area contributed by atoms with E-state index in [-0.39, 0.29) is 17.6 Å². The van der Waals surface area contributed by atoms with Crippen LogP contribution in [0.2, 0.25) is 0 Å². The summed E-state index contributed by atoms with van der Waals surface area (Å²) in [6.07, 6.45) is 25.4. The number of allylic oxidation sites excluding steroid dienone is 2. The highest BCUT2D eigenvalue weighted by molar-refractivity contribution is 5.18. The van der Waals surface area contributed by atoms with E-state index in [1.54, 1.807) is 12.2 Å². The molecular formula is C19H25NO. The van der Waals surface area contributed by atoms with Gasteiger partial charge in [0.1, 0.15) is 0 Å². The Balaban J connectivity index is 2.13. The zero-order chi connectivity index (χ0) is 15.1. The number of aliphatic hydroxyl groups excluding tert-OH is 1. The van der Waals surface area contributed by atoms with Gasteiger partial charge in [-0.05, 0) is 50.7 Å². The standard InChI is InChI=1S/C19H25NO/c1-3-5-7-10-16-11-8-14-19(20-16)15-9-13-18(21)17(19)12-6-4-2/h1-2,5-7,12,16-18,20-21H,8-11,13-15H2/b7-5-,12-6-/t16-,17-,18+,19-/m0/s1. The first-order valence-corrected chi connectivity index (χ1v) is 7.91. The summed E-state index contributed by atoms with van der Waals surface area (Å²) in [4.78, 5) is 0. The quantitative estimate of drug-likeness (QED) is 0.781. The Morgan fingerprint density at radius 1 is 1.14 bits per heavy atom. The SMILES string of the molecule is C#C/C=C\C[C@H]1CCC[C@@]2(CCC[C@@H](O)[C@@H]2/C=C\C#C)N1. The smallest absolute Gasteiger partial charge is 0.0620 e. The van der Waals surface area contributed by atoms with Crippen LogP contribution < -0.4 is 5.32 Å². The molecule has 1 saturated carbocycles. The molecule has 0 aromatic heterocycles. The normalized spacial score (nSPS) is 36.8. The maximum Gasteiger partial charge on any atom is 0.0620 e. The number of piperidine rings is 1. The zero-order valence-corrected chi connectivity index (χ0v) is 12.6. The maximum atomic E-state index is 10.4. The van der Waals surface area contributed by atoms with Crippen molar-refractivity contribution in [3.63, 3.8) is 0 Å². The van der Waals surface area contributed by atoms with Gasteiger partial charge in [-0.15, -0.1) is 12.8 Å². The van der Waals surface area contributed by atoms with Gasteiger partial charge in [-0.3, -0.25) is 0 Å². The number of nitrogens with one attached hydrogen (secondary N) is 1. The van der Waals surface area contributed by atoms with Gasteiger partial charge in [0.15, 0.2) is 0 Å². The van der Waals surface area contributed by atoms with Crippen molar-refractivity contribution in [1.82, 2.24) is 5.32 Å². The molecule has 0 radical (unpaired) electrons. The van der Waals surface area contributed by atoms with Crippen LogP contribution in [-0.2, 0) is 0 Å². The summed E-state index contributed by atoms with van der Waals surface area (Å²) in [5.41, 5.74) is -0.00207. The molecule has 1 heterocycles. The van der Waals surface area contributed by atoms with Crippen LogP contribution in [0.1, 0.15) is 44.9 Å². The first-order chi connectivity index (χ1) is 10.2. The van der Waals surface area contributed by atoms with Crippen LogP contribution in [0.15, 0.2) is 24.3 Å². The molecule has 0 bridgehead atoms. The number of terminal acetylenes is 2. The van der Waals surface area contributed by atoms with Gasteiger partial charge >= 0.3 is 0 Å². The van der Waals surface area contributed by atoms with Crippen molar-refractivity contribution in [3.05, 3.63) is 24.3 Å². The fourth-order valence-electron chi connectivity index (χ4n) is 3.96. The fraction of sp³-hybridized carbons (Fsp3) is 0.579. The molecule has 21 heavy (non-hydrogen) atoms. The molecule has 2 nitrogen and oxygen atoms in total. The number of hydrogen-bond donors (Lipinski definition) is 2. The molecule has 2 rings (SSSR count). The molecule has 2 N–H and O–H groups in total. The molecule has 1 aliphatic heterocycles. The summed E-state index contributed by atoms with van der Waals surface area (Å²) >= 11 is 0. The van der Waals surface area contributed by atoms with Crippen molar-refractivity contribution >= 4 is 0 Å². The second-order valence-corrected chi connectivity index (χ2v) is 6.21. The molecular weight excluding hydrogens is 258 g/mol. The highest BCUT2D eigenvalue weighted by Gasteiger charge is 2.45. The van der Waals surface area contributed by atoms with Crippen LogP contribution >= 0.6 is 0 Å². The highest BCUT2D eigenvalue weighted by Crippen LogP contribution is 2.41. The lowest BCUT2D eigenvalue weighted by Crippen LogP contribution is -2.61. The second kappa shape index (κ2) is 7.51. The lowest BCUT2D eigenvalue weighted by atomic mass is 9.66. The Hall–Kier alpha value is -1.48. The first-order valence-electron chi connectivity index (χ1n) is 7.91. The summed E-state index contributed by atoms with van der Waals surface area (Å²) < 4.78 is 0. The lowest BCUT2D eigenvalue weighted by molar-refractivity contribution is 0.00394. The average Bonchev–Trinajstić information content (AvgIpc) is 2.47. The molecule has 2 fully saturated rings. The Labute approximate surface area is 128 Å². The largest absolute Gasteiger partial charge is 0.392 e. The first kappa shape index (κ1) is 15.9. The van der Waals surface area contributed by atoms with E-state index in [0.29, 0.717) is 6.04 Å². The van der Waals surface area contributed by atoms with Gasteiger partial charge in [-0.25, -0.2) is 0 Å². The van der Waals surface area contributed by atoms with Gasteiger partial charge in [0.2, 0.25) is 0 Å². The fourth-order valence-corrected chi connectivity index (χ4v) is 3.96. The van der Waals surface area contributed by atoms with Crippen LogP contribution in [0.4, 0.5) is 0 Å². The Morgan fingerprint density at radius 3 is 2.57 bits per heavy atom. The van der Waals surface area contributed by atoms with E-state index in [1.807, 2.05) is 6.08 Å². The van der Waals surface area contributed by atoms with Gasteiger partial charge in [-0.1, -0.05) is 30.4 Å². The van der Waals surface area contributed by atoms with E-state index in [4.69, 9.17) is 12.8 Å². The van der Waals surface area contributed by atoms with Crippen LogP contribution in [0.5, 0.6) is 0 Å². The molecule has 1 saturated heterocycles. The van der Waals surface area contributed by atoms with E-state index in [1.165, 1.54) is 12.8 Å². The van der Waals surface area contributed by atoms with Crippen LogP contribution in [-0.4, -0.2) is 22.8 Å². The Kier molecular flexibility index (Phi) is 5.68. The molecule has 0 amide bonds. The minimum atomic E-state index is -0.296. The number of rotatable bonds is 3. The molecule has 2 heteroatoms. The van der Waals surface area contributed by atoms with Crippen molar-refractivity contribution in [1.29, 1.82) is 0 Å². The predicted molar refractivity (Wildman–Crippen MR) is 87.4 cm³/mol. The Bertz CT molecular complexity index is 475. The highest BCUT2D eigenvalue weighted by atomic mass is 16.3. The minimum Gasteiger partial charge on any atom is -0.392 e. The van der Waals surface area contributed by atoms with Gasteiger partial charge in [0.25, 0.3) is 0 Å². The average molecular weight is 283 g/mol. The molecule has 2 aliphatic rings.